The summed E-state index contributed by atoms with van der Waals surface area (Å²) >= 11 is 0. The van der Waals surface area contributed by atoms with Crippen LogP contribution in [0, 0.1) is 12.8 Å². The van der Waals surface area contributed by atoms with Gasteiger partial charge in [-0.3, -0.25) is 14.6 Å². The third-order valence-corrected chi connectivity index (χ3v) is 4.45. The van der Waals surface area contributed by atoms with Crippen molar-refractivity contribution < 1.29 is 14.3 Å². The highest BCUT2D eigenvalue weighted by atomic mass is 16.5. The minimum absolute atomic E-state index is 0.237. The Morgan fingerprint density at radius 3 is 2.67 bits per heavy atom. The van der Waals surface area contributed by atoms with Crippen molar-refractivity contribution in [2.24, 2.45) is 10.9 Å². The first-order valence-electron chi connectivity index (χ1n) is 7.81. The molecule has 2 rings (SSSR count). The molecule has 0 aliphatic heterocycles. The highest BCUT2D eigenvalue weighted by molar-refractivity contribution is 6.24. The summed E-state index contributed by atoms with van der Waals surface area (Å²) in [6, 6.07) is 0. The Balaban J connectivity index is 2.68. The molecule has 24 heavy (non-hydrogen) atoms. The number of hydrogen-bond donors (Lipinski definition) is 2. The van der Waals surface area contributed by atoms with Gasteiger partial charge in [0.25, 0.3) is 0 Å². The van der Waals surface area contributed by atoms with Crippen LogP contribution in [-0.2, 0) is 9.53 Å². The number of allylic oxidation sites excluding steroid dienone is 2. The minimum atomic E-state index is -0.927. The molecule has 0 spiro atoms. The first-order valence-corrected chi connectivity index (χ1v) is 7.81. The fourth-order valence-electron chi connectivity index (χ4n) is 2.99. The fourth-order valence-corrected chi connectivity index (χ4v) is 2.99. The summed E-state index contributed by atoms with van der Waals surface area (Å²) in [6.07, 6.45) is 2.62. The lowest BCUT2D eigenvalue weighted by molar-refractivity contribution is -0.141. The molecule has 1 aliphatic carbocycles. The van der Waals surface area contributed by atoms with E-state index in [-0.39, 0.29) is 5.78 Å². The predicted octanol–water partition coefficient (Wildman–Crippen LogP) is 2.71. The average molecular weight is 329 g/mol. The number of nitrogens with one attached hydrogen (secondary N) is 2. The van der Waals surface area contributed by atoms with Crippen LogP contribution in [0.4, 0.5) is 0 Å². The van der Waals surface area contributed by atoms with Crippen molar-refractivity contribution >= 4 is 30.1 Å². The Kier molecular flexibility index (Phi) is 5.07. The molecule has 0 radical (unpaired) electrons. The molecule has 0 amide bonds. The van der Waals surface area contributed by atoms with Crippen molar-refractivity contribution in [3.63, 3.8) is 0 Å². The lowest BCUT2D eigenvalue weighted by Crippen LogP contribution is -2.24. The molecule has 0 unspecified atom stereocenters. The van der Waals surface area contributed by atoms with Crippen LogP contribution in [0.2, 0.25) is 0 Å². The maximum atomic E-state index is 12.8. The van der Waals surface area contributed by atoms with Crippen LogP contribution in [0.5, 0.6) is 0 Å². The topological polar surface area (TPSA) is 83.5 Å². The standard InChI is InChI=1S/C18H23N3O3/c1-7-11(20-5)8-12-9(2)13-16(21-12)14(10(3)19-4)15(17(13)22)18(23)24-6/h8,15,19,21H,5,7H2,1-4,6H3/b11-8-,14-10-/t15-/m1/s1. The van der Waals surface area contributed by atoms with Crippen LogP contribution < -0.4 is 5.32 Å². The van der Waals surface area contributed by atoms with E-state index in [1.807, 2.05) is 26.8 Å². The number of H-pyrrole nitrogens is 1. The summed E-state index contributed by atoms with van der Waals surface area (Å²) < 4.78 is 4.83. The molecule has 6 heteroatoms. The number of aliphatic imine (C=N–C) groups is 1. The van der Waals surface area contributed by atoms with E-state index in [9.17, 15) is 9.59 Å². The van der Waals surface area contributed by atoms with Gasteiger partial charge in [0.15, 0.2) is 5.78 Å². The van der Waals surface area contributed by atoms with E-state index in [2.05, 4.69) is 22.0 Å². The van der Waals surface area contributed by atoms with Crippen molar-refractivity contribution in [1.82, 2.24) is 10.3 Å². The van der Waals surface area contributed by atoms with Crippen molar-refractivity contribution in [3.05, 3.63) is 33.9 Å². The summed E-state index contributed by atoms with van der Waals surface area (Å²) in [6.45, 7) is 9.24. The van der Waals surface area contributed by atoms with Crippen LogP contribution >= 0.6 is 0 Å². The van der Waals surface area contributed by atoms with E-state index >= 15 is 0 Å². The minimum Gasteiger partial charge on any atom is -0.468 e. The van der Waals surface area contributed by atoms with Crippen LogP contribution in [0.15, 0.2) is 16.4 Å². The summed E-state index contributed by atoms with van der Waals surface area (Å²) in [5.74, 6) is -1.71. The van der Waals surface area contributed by atoms with Gasteiger partial charge in [-0.2, -0.15) is 0 Å². The van der Waals surface area contributed by atoms with Gasteiger partial charge >= 0.3 is 5.97 Å². The molecule has 0 aromatic carbocycles. The predicted molar refractivity (Wildman–Crippen MR) is 94.8 cm³/mol. The first-order chi connectivity index (χ1) is 11.4. The number of rotatable bonds is 5. The van der Waals surface area contributed by atoms with Crippen LogP contribution in [-0.4, -0.2) is 37.6 Å². The zero-order chi connectivity index (χ0) is 18.0. The Bertz CT molecular complexity index is 769. The lowest BCUT2D eigenvalue weighted by Gasteiger charge is -2.13. The molecule has 1 aliphatic rings. The van der Waals surface area contributed by atoms with Gasteiger partial charge in [0.2, 0.25) is 0 Å². The van der Waals surface area contributed by atoms with Crippen LogP contribution in [0.1, 0.15) is 47.6 Å². The monoisotopic (exact) mass is 329 g/mol. The van der Waals surface area contributed by atoms with Gasteiger partial charge in [-0.1, -0.05) is 6.92 Å². The number of hydrogen-bond acceptors (Lipinski definition) is 5. The third kappa shape index (κ3) is 2.68. The lowest BCUT2D eigenvalue weighted by atomic mass is 9.97. The number of carbonyl (C=O) groups is 2. The molecule has 2 N–H and O–H groups in total. The van der Waals surface area contributed by atoms with Gasteiger partial charge in [0, 0.05) is 35.3 Å². The van der Waals surface area contributed by atoms with E-state index in [4.69, 9.17) is 4.74 Å². The second-order valence-corrected chi connectivity index (χ2v) is 5.67. The van der Waals surface area contributed by atoms with Crippen molar-refractivity contribution in [2.75, 3.05) is 14.2 Å². The van der Waals surface area contributed by atoms with E-state index < -0.39 is 11.9 Å². The smallest absolute Gasteiger partial charge is 0.321 e. The Hall–Kier alpha value is -2.63. The van der Waals surface area contributed by atoms with E-state index in [1.165, 1.54) is 7.11 Å². The summed E-state index contributed by atoms with van der Waals surface area (Å²) in [5, 5.41) is 3.02. The molecular formula is C18H23N3O3. The molecule has 6 nitrogen and oxygen atoms in total. The number of carbonyl (C=O) groups excluding carboxylic acids is 2. The number of methoxy groups -OCH3 is 1. The van der Waals surface area contributed by atoms with Gasteiger partial charge in [-0.15, -0.1) is 0 Å². The molecular weight excluding hydrogens is 306 g/mol. The molecule has 128 valence electrons. The number of ether oxygens (including phenoxy) is 1. The molecule has 1 atom stereocenters. The number of fused-ring (bicyclic) bond motifs is 1. The normalized spacial score (nSPS) is 19.1. The summed E-state index contributed by atoms with van der Waals surface area (Å²) in [4.78, 5) is 32.2. The second-order valence-electron chi connectivity index (χ2n) is 5.67. The quantitative estimate of drug-likeness (QED) is 0.494. The highest BCUT2D eigenvalue weighted by Gasteiger charge is 2.44. The van der Waals surface area contributed by atoms with Crippen LogP contribution in [0.25, 0.3) is 11.6 Å². The molecule has 0 saturated heterocycles. The maximum Gasteiger partial charge on any atom is 0.321 e. The molecule has 0 bridgehead atoms. The number of esters is 1. The Labute approximate surface area is 141 Å². The zero-order valence-corrected chi connectivity index (χ0v) is 14.7. The van der Waals surface area contributed by atoms with Gasteiger partial charge in [-0.05, 0) is 38.6 Å². The van der Waals surface area contributed by atoms with Gasteiger partial charge in [0.05, 0.1) is 12.8 Å². The zero-order valence-electron chi connectivity index (χ0n) is 14.7. The van der Waals surface area contributed by atoms with Crippen LogP contribution in [0.3, 0.4) is 0 Å². The first kappa shape index (κ1) is 17.7. The Morgan fingerprint density at radius 1 is 1.50 bits per heavy atom. The van der Waals surface area contributed by atoms with Crippen molar-refractivity contribution in [1.29, 1.82) is 0 Å². The number of aromatic amines is 1. The summed E-state index contributed by atoms with van der Waals surface area (Å²) in [5.41, 5.74) is 5.04. The van der Waals surface area contributed by atoms with E-state index in [1.54, 1.807) is 7.05 Å². The Morgan fingerprint density at radius 2 is 2.17 bits per heavy atom. The fraction of sp³-hybridized carbons (Fsp3) is 0.389. The average Bonchev–Trinajstić information content (AvgIpc) is 3.06. The number of Topliss-reactive ketones (excluding diaryl/α,β-unsaturated/α-hetero) is 1. The van der Waals surface area contributed by atoms with Crippen molar-refractivity contribution in [3.8, 4) is 0 Å². The molecule has 0 fully saturated rings. The molecule has 1 heterocycles. The van der Waals surface area contributed by atoms with E-state index in [0.29, 0.717) is 16.8 Å². The number of ketones is 1. The van der Waals surface area contributed by atoms with Gasteiger partial charge in [-0.25, -0.2) is 0 Å². The highest BCUT2D eigenvalue weighted by Crippen LogP contribution is 2.41. The molecule has 0 saturated carbocycles. The molecule has 1 aromatic heterocycles. The third-order valence-electron chi connectivity index (χ3n) is 4.45. The largest absolute Gasteiger partial charge is 0.468 e. The molecule has 1 aromatic rings. The van der Waals surface area contributed by atoms with Crippen molar-refractivity contribution in [2.45, 2.75) is 27.2 Å². The van der Waals surface area contributed by atoms with E-state index in [0.717, 1.165) is 29.1 Å². The van der Waals surface area contributed by atoms with Gasteiger partial charge < -0.3 is 15.0 Å². The maximum absolute atomic E-state index is 12.8. The number of nitrogens with zero attached hydrogens (tertiary/aromatic N) is 1. The van der Waals surface area contributed by atoms with Gasteiger partial charge in [0.1, 0.15) is 5.92 Å². The number of aromatic nitrogens is 1. The summed E-state index contributed by atoms with van der Waals surface area (Å²) in [7, 11) is 3.05. The second kappa shape index (κ2) is 6.86. The SMILES string of the molecule is C=N/C(=C\c1[nH]c2c(c1C)C(=O)[C@H](C(=O)OC)/C2=C(\C)NC)CC.